The molecular formula is C26H29O2P. The molecule has 0 unspecified atom stereocenters. The van der Waals surface area contributed by atoms with Gasteiger partial charge in [-0.1, -0.05) is 104 Å². The van der Waals surface area contributed by atoms with E-state index in [9.17, 15) is 4.79 Å². The van der Waals surface area contributed by atoms with Crippen LogP contribution in [0.4, 0.5) is 0 Å². The summed E-state index contributed by atoms with van der Waals surface area (Å²) in [5.41, 5.74) is 0. The minimum absolute atomic E-state index is 0.161. The van der Waals surface area contributed by atoms with Crippen LogP contribution in [0.3, 0.4) is 0 Å². The molecule has 0 aliphatic rings. The SMILES string of the molecule is CCCCC(C(=O)OCC)=P(c1ccccc1)(c1ccccc1)c1ccccc1. The molecule has 0 fully saturated rings. The molecule has 0 saturated heterocycles. The fourth-order valence-electron chi connectivity index (χ4n) is 3.83. The third-order valence-electron chi connectivity index (χ3n) is 5.11. The molecule has 29 heavy (non-hydrogen) atoms. The van der Waals surface area contributed by atoms with Crippen LogP contribution >= 0.6 is 6.89 Å². The molecule has 3 aromatic rings. The van der Waals surface area contributed by atoms with E-state index in [4.69, 9.17) is 4.74 Å². The summed E-state index contributed by atoms with van der Waals surface area (Å²) in [6, 6.07) is 31.5. The first-order valence-corrected chi connectivity index (χ1v) is 12.1. The third kappa shape index (κ3) is 4.38. The molecule has 0 spiro atoms. The lowest BCUT2D eigenvalue weighted by atomic mass is 10.2. The lowest BCUT2D eigenvalue weighted by molar-refractivity contribution is -0.134. The highest BCUT2D eigenvalue weighted by atomic mass is 31.2. The molecule has 0 saturated carbocycles. The van der Waals surface area contributed by atoms with Crippen molar-refractivity contribution in [1.82, 2.24) is 0 Å². The van der Waals surface area contributed by atoms with Gasteiger partial charge in [0, 0.05) is 5.29 Å². The summed E-state index contributed by atoms with van der Waals surface area (Å²) in [4.78, 5) is 13.4. The number of hydrogen-bond acceptors (Lipinski definition) is 2. The van der Waals surface area contributed by atoms with Crippen molar-refractivity contribution in [3.8, 4) is 0 Å². The highest BCUT2D eigenvalue weighted by Gasteiger charge is 2.33. The van der Waals surface area contributed by atoms with Crippen LogP contribution in [0.15, 0.2) is 91.0 Å². The summed E-state index contributed by atoms with van der Waals surface area (Å²) in [5.74, 6) is -0.161. The van der Waals surface area contributed by atoms with Crippen molar-refractivity contribution in [1.29, 1.82) is 0 Å². The van der Waals surface area contributed by atoms with E-state index in [1.54, 1.807) is 0 Å². The Morgan fingerprint density at radius 1 is 0.724 bits per heavy atom. The number of carbonyl (C=O) groups excluding carboxylic acids is 1. The monoisotopic (exact) mass is 404 g/mol. The smallest absolute Gasteiger partial charge is 0.335 e. The van der Waals surface area contributed by atoms with Crippen molar-refractivity contribution in [2.45, 2.75) is 33.1 Å². The molecule has 0 N–H and O–H groups in total. The molecule has 2 nitrogen and oxygen atoms in total. The molecule has 3 rings (SSSR count). The van der Waals surface area contributed by atoms with E-state index in [0.29, 0.717) is 6.61 Å². The first-order chi connectivity index (χ1) is 14.2. The Hall–Kier alpha value is -2.57. The van der Waals surface area contributed by atoms with Crippen LogP contribution < -0.4 is 15.9 Å². The van der Waals surface area contributed by atoms with Crippen molar-refractivity contribution in [3.63, 3.8) is 0 Å². The number of benzene rings is 3. The molecular weight excluding hydrogens is 375 g/mol. The molecule has 0 aliphatic carbocycles. The van der Waals surface area contributed by atoms with E-state index in [1.807, 2.05) is 25.1 Å². The normalized spacial score (nSPS) is 11.1. The first-order valence-electron chi connectivity index (χ1n) is 10.3. The number of esters is 1. The molecule has 0 aromatic heterocycles. The molecule has 0 amide bonds. The second-order valence-electron chi connectivity index (χ2n) is 6.95. The lowest BCUT2D eigenvalue weighted by Gasteiger charge is -2.32. The number of carbonyl (C=O) groups is 1. The van der Waals surface area contributed by atoms with Crippen molar-refractivity contribution < 1.29 is 9.53 Å². The molecule has 0 aliphatic heterocycles. The van der Waals surface area contributed by atoms with Crippen molar-refractivity contribution in [2.24, 2.45) is 0 Å². The van der Waals surface area contributed by atoms with Gasteiger partial charge < -0.3 is 4.74 Å². The van der Waals surface area contributed by atoms with Gasteiger partial charge in [0.2, 0.25) is 0 Å². The predicted molar refractivity (Wildman–Crippen MR) is 126 cm³/mol. The van der Waals surface area contributed by atoms with Gasteiger partial charge in [-0.2, -0.15) is 0 Å². The van der Waals surface area contributed by atoms with Crippen LogP contribution in [0.5, 0.6) is 0 Å². The minimum Gasteiger partial charge on any atom is -0.463 e. The quantitative estimate of drug-likeness (QED) is 0.394. The molecule has 0 heterocycles. The fraction of sp³-hybridized carbons (Fsp3) is 0.231. The van der Waals surface area contributed by atoms with Crippen LogP contribution in [0.1, 0.15) is 33.1 Å². The summed E-state index contributed by atoms with van der Waals surface area (Å²) in [5, 5.41) is 4.48. The molecule has 150 valence electrons. The third-order valence-corrected chi connectivity index (χ3v) is 9.55. The van der Waals surface area contributed by atoms with Crippen LogP contribution in [0, 0.1) is 0 Å². The minimum atomic E-state index is -2.34. The van der Waals surface area contributed by atoms with Gasteiger partial charge in [0.25, 0.3) is 0 Å². The molecule has 0 atom stereocenters. The van der Waals surface area contributed by atoms with Gasteiger partial charge in [-0.05, 0) is 42.6 Å². The standard InChI is InChI=1S/C26H29O2P/c1-3-5-21-25(26(27)28-4-2)29(22-15-9-6-10-16-22,23-17-11-7-12-18-23)24-19-13-8-14-20-24/h6-20H,3-5,21H2,1-2H3. The predicted octanol–water partition coefficient (Wildman–Crippen LogP) is 4.91. The average Bonchev–Trinajstić information content (AvgIpc) is 2.78. The zero-order valence-electron chi connectivity index (χ0n) is 17.3. The maximum atomic E-state index is 13.4. The Labute approximate surface area is 174 Å². The molecule has 3 aromatic carbocycles. The first kappa shape index (κ1) is 21.1. The topological polar surface area (TPSA) is 26.3 Å². The molecule has 3 heteroatoms. The maximum absolute atomic E-state index is 13.4. The fourth-order valence-corrected chi connectivity index (χ4v) is 8.35. The van der Waals surface area contributed by atoms with Gasteiger partial charge in [-0.15, -0.1) is 0 Å². The summed E-state index contributed by atoms with van der Waals surface area (Å²) >= 11 is 0. The lowest BCUT2D eigenvalue weighted by Crippen LogP contribution is -2.34. The molecule has 0 radical (unpaired) electrons. The van der Waals surface area contributed by atoms with Gasteiger partial charge in [0.15, 0.2) is 0 Å². The van der Waals surface area contributed by atoms with Crippen LogP contribution in [0.2, 0.25) is 0 Å². The number of rotatable bonds is 8. The van der Waals surface area contributed by atoms with Gasteiger partial charge >= 0.3 is 5.97 Å². The van der Waals surface area contributed by atoms with Gasteiger partial charge in [0.05, 0.1) is 6.61 Å². The number of unbranched alkanes of at least 4 members (excludes halogenated alkanes) is 1. The summed E-state index contributed by atoms with van der Waals surface area (Å²) in [6.07, 6.45) is 2.73. The number of hydrogen-bond donors (Lipinski definition) is 0. The highest BCUT2D eigenvalue weighted by molar-refractivity contribution is 7.96. The Balaban J connectivity index is 2.51. The summed E-state index contributed by atoms with van der Waals surface area (Å²) in [7, 11) is 0. The van der Waals surface area contributed by atoms with Crippen molar-refractivity contribution in [2.75, 3.05) is 6.61 Å². The van der Waals surface area contributed by atoms with Gasteiger partial charge in [-0.3, -0.25) is 0 Å². The van der Waals surface area contributed by atoms with E-state index >= 15 is 0 Å². The van der Waals surface area contributed by atoms with Gasteiger partial charge in [-0.25, -0.2) is 4.79 Å². The Morgan fingerprint density at radius 3 is 1.48 bits per heavy atom. The van der Waals surface area contributed by atoms with E-state index in [0.717, 1.165) is 24.6 Å². The van der Waals surface area contributed by atoms with Crippen LogP contribution in [-0.4, -0.2) is 17.9 Å². The Kier molecular flexibility index (Phi) is 7.49. The van der Waals surface area contributed by atoms with E-state index in [1.165, 1.54) is 15.9 Å². The van der Waals surface area contributed by atoms with Crippen molar-refractivity contribution >= 4 is 34.1 Å². The van der Waals surface area contributed by atoms with E-state index in [2.05, 4.69) is 79.7 Å². The van der Waals surface area contributed by atoms with E-state index in [-0.39, 0.29) is 5.97 Å². The van der Waals surface area contributed by atoms with Crippen LogP contribution in [-0.2, 0) is 9.53 Å². The van der Waals surface area contributed by atoms with Crippen LogP contribution in [0.25, 0.3) is 0 Å². The Morgan fingerprint density at radius 2 is 1.14 bits per heavy atom. The highest BCUT2D eigenvalue weighted by Crippen LogP contribution is 2.47. The average molecular weight is 404 g/mol. The van der Waals surface area contributed by atoms with Gasteiger partial charge in [0.1, 0.15) is 0 Å². The molecule has 0 bridgehead atoms. The zero-order valence-corrected chi connectivity index (χ0v) is 18.1. The second-order valence-corrected chi connectivity index (χ2v) is 10.4. The second kappa shape index (κ2) is 10.3. The summed E-state index contributed by atoms with van der Waals surface area (Å²) < 4.78 is 5.62. The number of ether oxygens (including phenoxy) is 1. The van der Waals surface area contributed by atoms with Crippen molar-refractivity contribution in [3.05, 3.63) is 91.0 Å². The zero-order chi connectivity index (χ0) is 20.5. The van der Waals surface area contributed by atoms with E-state index < -0.39 is 6.89 Å². The Bertz CT molecular complexity index is 860. The largest absolute Gasteiger partial charge is 0.463 e. The summed E-state index contributed by atoms with van der Waals surface area (Å²) in [6.45, 7) is 2.09. The maximum Gasteiger partial charge on any atom is 0.335 e.